The zero-order chi connectivity index (χ0) is 16.8. The first-order valence-corrected chi connectivity index (χ1v) is 7.63. The number of benzene rings is 1. The molecule has 2 amide bonds. The van der Waals surface area contributed by atoms with Crippen molar-refractivity contribution in [1.82, 2.24) is 0 Å². The van der Waals surface area contributed by atoms with Crippen LogP contribution in [0, 0.1) is 0 Å². The minimum Gasteiger partial charge on any atom is -0.479 e. The third-order valence-corrected chi connectivity index (χ3v) is 3.35. The number of ether oxygens (including phenoxy) is 3. The molecule has 0 unspecified atom stereocenters. The molecular weight excluding hydrogens is 300 g/mol. The maximum absolute atomic E-state index is 12.1. The van der Waals surface area contributed by atoms with Gasteiger partial charge < -0.3 is 24.8 Å². The van der Waals surface area contributed by atoms with Gasteiger partial charge in [-0.15, -0.1) is 0 Å². The van der Waals surface area contributed by atoms with Gasteiger partial charge in [0.2, 0.25) is 0 Å². The third kappa shape index (κ3) is 4.67. The molecule has 0 aromatic heterocycles. The molecule has 1 aliphatic rings. The molecule has 1 aliphatic heterocycles. The lowest BCUT2D eigenvalue weighted by molar-refractivity contribution is -0.127. The number of fused-ring (bicyclic) bond motifs is 1. The summed E-state index contributed by atoms with van der Waals surface area (Å²) in [6.07, 6.45) is -1.13. The van der Waals surface area contributed by atoms with Crippen LogP contribution >= 0.6 is 0 Å². The van der Waals surface area contributed by atoms with Crippen molar-refractivity contribution in [2.24, 2.45) is 0 Å². The van der Waals surface area contributed by atoms with Crippen molar-refractivity contribution in [2.45, 2.75) is 33.0 Å². The summed E-state index contributed by atoms with van der Waals surface area (Å²) in [7, 11) is 0. The molecular formula is C16H22N2O5. The summed E-state index contributed by atoms with van der Waals surface area (Å²) in [6, 6.07) is 5.08. The Labute approximate surface area is 135 Å². The van der Waals surface area contributed by atoms with Crippen molar-refractivity contribution in [3.63, 3.8) is 0 Å². The van der Waals surface area contributed by atoms with Crippen molar-refractivity contribution in [3.05, 3.63) is 18.2 Å². The van der Waals surface area contributed by atoms with Crippen LogP contribution in [0.4, 0.5) is 11.4 Å². The van der Waals surface area contributed by atoms with Gasteiger partial charge in [0.05, 0.1) is 18.9 Å². The van der Waals surface area contributed by atoms with Crippen LogP contribution in [-0.4, -0.2) is 43.8 Å². The Balaban J connectivity index is 1.91. The highest BCUT2D eigenvalue weighted by atomic mass is 16.5. The number of carbonyl (C=O) groups is 2. The first-order chi connectivity index (χ1) is 11.0. The van der Waals surface area contributed by atoms with E-state index in [-0.39, 0.29) is 11.8 Å². The van der Waals surface area contributed by atoms with E-state index in [2.05, 4.69) is 10.6 Å². The zero-order valence-electron chi connectivity index (χ0n) is 13.5. The van der Waals surface area contributed by atoms with E-state index in [1.54, 1.807) is 32.0 Å². The summed E-state index contributed by atoms with van der Waals surface area (Å²) in [4.78, 5) is 23.7. The van der Waals surface area contributed by atoms with Crippen LogP contribution in [0.2, 0.25) is 0 Å². The van der Waals surface area contributed by atoms with Crippen LogP contribution in [-0.2, 0) is 19.1 Å². The number of hydrogen-bond donors (Lipinski definition) is 2. The molecule has 2 atom stereocenters. The quantitative estimate of drug-likeness (QED) is 0.748. The van der Waals surface area contributed by atoms with Gasteiger partial charge >= 0.3 is 0 Å². The summed E-state index contributed by atoms with van der Waals surface area (Å²) in [6.45, 7) is 6.67. The molecule has 0 bridgehead atoms. The van der Waals surface area contributed by atoms with Crippen LogP contribution in [0.3, 0.4) is 0 Å². The number of nitrogens with one attached hydrogen (secondary N) is 2. The highest BCUT2D eigenvalue weighted by molar-refractivity contribution is 5.99. The third-order valence-electron chi connectivity index (χ3n) is 3.35. The highest BCUT2D eigenvalue weighted by Gasteiger charge is 2.24. The predicted octanol–water partition coefficient (Wildman–Crippen LogP) is 1.79. The largest absolute Gasteiger partial charge is 0.479 e. The zero-order valence-corrected chi connectivity index (χ0v) is 13.5. The molecule has 0 spiro atoms. The Morgan fingerprint density at radius 3 is 2.96 bits per heavy atom. The second kappa shape index (κ2) is 7.94. The predicted molar refractivity (Wildman–Crippen MR) is 85.7 cm³/mol. The van der Waals surface area contributed by atoms with Crippen molar-refractivity contribution >= 4 is 23.2 Å². The van der Waals surface area contributed by atoms with Crippen LogP contribution in [0.5, 0.6) is 5.75 Å². The molecule has 1 aromatic carbocycles. The molecule has 0 saturated carbocycles. The summed E-state index contributed by atoms with van der Waals surface area (Å²) in [5.41, 5.74) is 1.10. The van der Waals surface area contributed by atoms with Crippen molar-refractivity contribution in [3.8, 4) is 5.75 Å². The first kappa shape index (κ1) is 17.2. The lowest BCUT2D eigenvalue weighted by Crippen LogP contribution is -2.34. The molecule has 7 nitrogen and oxygen atoms in total. The molecule has 0 fully saturated rings. The van der Waals surface area contributed by atoms with E-state index in [1.165, 1.54) is 0 Å². The van der Waals surface area contributed by atoms with Gasteiger partial charge in [-0.05, 0) is 39.0 Å². The summed E-state index contributed by atoms with van der Waals surface area (Å²) < 4.78 is 16.0. The summed E-state index contributed by atoms with van der Waals surface area (Å²) in [5.74, 6) is 0.0996. The number of carbonyl (C=O) groups excluding carboxylic acids is 2. The second-order valence-electron chi connectivity index (χ2n) is 5.16. The van der Waals surface area contributed by atoms with Gasteiger partial charge in [-0.2, -0.15) is 0 Å². The molecule has 1 aromatic rings. The van der Waals surface area contributed by atoms with E-state index in [4.69, 9.17) is 14.2 Å². The van der Waals surface area contributed by atoms with Crippen LogP contribution in [0.25, 0.3) is 0 Å². The molecule has 1 heterocycles. The summed E-state index contributed by atoms with van der Waals surface area (Å²) >= 11 is 0. The average molecular weight is 322 g/mol. The van der Waals surface area contributed by atoms with Gasteiger partial charge in [0, 0.05) is 12.3 Å². The molecule has 0 saturated heterocycles. The molecule has 0 radical (unpaired) electrons. The molecule has 2 rings (SSSR count). The van der Waals surface area contributed by atoms with Crippen molar-refractivity contribution in [1.29, 1.82) is 0 Å². The average Bonchev–Trinajstić information content (AvgIpc) is 2.52. The lowest BCUT2D eigenvalue weighted by atomic mass is 10.2. The van der Waals surface area contributed by atoms with E-state index in [0.717, 1.165) is 0 Å². The van der Waals surface area contributed by atoms with Crippen LogP contribution < -0.4 is 15.4 Å². The van der Waals surface area contributed by atoms with E-state index < -0.39 is 12.2 Å². The number of amides is 2. The minimum atomic E-state index is -0.600. The van der Waals surface area contributed by atoms with E-state index in [1.807, 2.05) is 6.92 Å². The maximum atomic E-state index is 12.1. The molecule has 23 heavy (non-hydrogen) atoms. The van der Waals surface area contributed by atoms with E-state index >= 15 is 0 Å². The molecule has 126 valence electrons. The van der Waals surface area contributed by atoms with Gasteiger partial charge in [0.15, 0.2) is 6.10 Å². The van der Waals surface area contributed by atoms with E-state index in [0.29, 0.717) is 36.9 Å². The Hall–Kier alpha value is -2.12. The SMILES string of the molecule is CCOCCO[C@H](C)C(=O)Nc1ccc2c(c1)NC(=O)[C@H](C)O2. The van der Waals surface area contributed by atoms with Gasteiger partial charge in [0.25, 0.3) is 11.8 Å². The van der Waals surface area contributed by atoms with Gasteiger partial charge in [-0.3, -0.25) is 9.59 Å². The Morgan fingerprint density at radius 2 is 2.22 bits per heavy atom. The van der Waals surface area contributed by atoms with Gasteiger partial charge in [-0.1, -0.05) is 0 Å². The van der Waals surface area contributed by atoms with E-state index in [9.17, 15) is 9.59 Å². The van der Waals surface area contributed by atoms with Crippen molar-refractivity contribution in [2.75, 3.05) is 30.5 Å². The fourth-order valence-corrected chi connectivity index (χ4v) is 2.03. The Morgan fingerprint density at radius 1 is 1.43 bits per heavy atom. The first-order valence-electron chi connectivity index (χ1n) is 7.63. The monoisotopic (exact) mass is 322 g/mol. The van der Waals surface area contributed by atoms with Crippen LogP contribution in [0.15, 0.2) is 18.2 Å². The van der Waals surface area contributed by atoms with Gasteiger partial charge in [0.1, 0.15) is 11.9 Å². The smallest absolute Gasteiger partial charge is 0.265 e. The Kier molecular flexibility index (Phi) is 5.95. The normalized spacial score (nSPS) is 17.7. The number of hydrogen-bond acceptors (Lipinski definition) is 5. The fraction of sp³-hybridized carbons (Fsp3) is 0.500. The lowest BCUT2D eigenvalue weighted by Gasteiger charge is -2.24. The van der Waals surface area contributed by atoms with Crippen molar-refractivity contribution < 1.29 is 23.8 Å². The van der Waals surface area contributed by atoms with Crippen LogP contribution in [0.1, 0.15) is 20.8 Å². The minimum absolute atomic E-state index is 0.214. The topological polar surface area (TPSA) is 85.9 Å². The van der Waals surface area contributed by atoms with Gasteiger partial charge in [-0.25, -0.2) is 0 Å². The standard InChI is InChI=1S/C16H22N2O5/c1-4-21-7-8-22-10(2)15(19)17-12-5-6-14-13(9-12)18-16(20)11(3)23-14/h5-6,9-11H,4,7-8H2,1-3H3,(H,17,19)(H,18,20)/t10-,11+/m1/s1. The molecule has 0 aliphatic carbocycles. The number of anilines is 2. The second-order valence-corrected chi connectivity index (χ2v) is 5.16. The highest BCUT2D eigenvalue weighted by Crippen LogP contribution is 2.32. The molecule has 7 heteroatoms. The summed E-state index contributed by atoms with van der Waals surface area (Å²) in [5, 5.41) is 5.48. The molecule has 2 N–H and O–H groups in total. The number of rotatable bonds is 7. The maximum Gasteiger partial charge on any atom is 0.265 e. The Bertz CT molecular complexity index is 576. The fourth-order valence-electron chi connectivity index (χ4n) is 2.03.